The lowest BCUT2D eigenvalue weighted by molar-refractivity contribution is -0.0378. The van der Waals surface area contributed by atoms with Gasteiger partial charge in [-0.25, -0.2) is 0 Å². The van der Waals surface area contributed by atoms with E-state index in [1.165, 1.54) is 5.69 Å². The molecule has 196 valence electrons. The molecule has 0 saturated carbocycles. The Balaban J connectivity index is 2.02. The number of hydrogen-bond acceptors (Lipinski definition) is 4. The number of nitriles is 1. The van der Waals surface area contributed by atoms with Gasteiger partial charge in [0.05, 0.1) is 18.3 Å². The average molecular weight is 500 g/mol. The van der Waals surface area contributed by atoms with Crippen molar-refractivity contribution in [1.29, 1.82) is 5.26 Å². The van der Waals surface area contributed by atoms with Gasteiger partial charge in [-0.05, 0) is 62.6 Å². The fraction of sp³-hybridized carbons (Fsp3) is 0.793. The number of ether oxygens (including phenoxy) is 1. The van der Waals surface area contributed by atoms with Crippen LogP contribution in [0.4, 0.5) is 0 Å². The van der Waals surface area contributed by atoms with Gasteiger partial charge in [-0.1, -0.05) is 54.9 Å². The van der Waals surface area contributed by atoms with E-state index >= 15 is 0 Å². The van der Waals surface area contributed by atoms with Crippen molar-refractivity contribution >= 4 is 14.0 Å². The Kier molecular flexibility index (Phi) is 8.46. The van der Waals surface area contributed by atoms with Crippen molar-refractivity contribution in [3.8, 4) is 6.07 Å². The third kappa shape index (κ3) is 5.48. The minimum atomic E-state index is -1.88. The molecule has 1 saturated heterocycles. The van der Waals surface area contributed by atoms with E-state index in [1.807, 2.05) is 6.20 Å². The average Bonchev–Trinajstić information content (AvgIpc) is 3.31. The molecule has 5 nitrogen and oxygen atoms in total. The van der Waals surface area contributed by atoms with Crippen LogP contribution >= 0.6 is 0 Å². The normalized spacial score (nSPS) is 30.7. The molecule has 1 fully saturated rings. The summed E-state index contributed by atoms with van der Waals surface area (Å²) in [7, 11) is -1.88. The lowest BCUT2D eigenvalue weighted by atomic mass is 9.79. The van der Waals surface area contributed by atoms with E-state index in [0.717, 1.165) is 36.1 Å². The molecule has 1 aromatic rings. The Morgan fingerprint density at radius 1 is 1.26 bits per heavy atom. The Morgan fingerprint density at radius 3 is 2.49 bits per heavy atom. The number of fused-ring (bicyclic) bond motifs is 1. The predicted octanol–water partition coefficient (Wildman–Crippen LogP) is 7.67. The van der Waals surface area contributed by atoms with Crippen LogP contribution in [0.2, 0.25) is 18.1 Å². The van der Waals surface area contributed by atoms with Crippen molar-refractivity contribution in [1.82, 2.24) is 4.57 Å². The van der Waals surface area contributed by atoms with Crippen LogP contribution in [0.1, 0.15) is 111 Å². The lowest BCUT2D eigenvalue weighted by Gasteiger charge is -2.38. The molecule has 0 spiro atoms. The van der Waals surface area contributed by atoms with E-state index in [9.17, 15) is 5.26 Å². The second kappa shape index (κ2) is 10.5. The molecule has 0 amide bonds. The maximum atomic E-state index is 10.1. The van der Waals surface area contributed by atoms with Crippen LogP contribution in [0, 0.1) is 29.1 Å². The zero-order chi connectivity index (χ0) is 26.3. The zero-order valence-corrected chi connectivity index (χ0v) is 25.1. The first-order chi connectivity index (χ1) is 16.2. The molecular formula is C29H49N3O2Si. The van der Waals surface area contributed by atoms with Crippen molar-refractivity contribution in [3.63, 3.8) is 0 Å². The molecule has 6 heteroatoms. The van der Waals surface area contributed by atoms with E-state index in [4.69, 9.17) is 14.2 Å². The van der Waals surface area contributed by atoms with Gasteiger partial charge in [0, 0.05) is 35.1 Å². The van der Waals surface area contributed by atoms with Crippen molar-refractivity contribution in [2.75, 3.05) is 6.61 Å². The first-order valence-corrected chi connectivity index (χ1v) is 16.6. The van der Waals surface area contributed by atoms with E-state index in [-0.39, 0.29) is 23.4 Å². The predicted molar refractivity (Wildman–Crippen MR) is 148 cm³/mol. The van der Waals surface area contributed by atoms with Gasteiger partial charge in [0.2, 0.25) is 0 Å². The van der Waals surface area contributed by atoms with Gasteiger partial charge in [0.15, 0.2) is 8.32 Å². The lowest BCUT2D eigenvalue weighted by Crippen LogP contribution is -2.44. The highest BCUT2D eigenvalue weighted by atomic mass is 28.4. The quantitative estimate of drug-likeness (QED) is 0.377. The van der Waals surface area contributed by atoms with Crippen LogP contribution in [-0.4, -0.2) is 37.3 Å². The summed E-state index contributed by atoms with van der Waals surface area (Å²) < 4.78 is 15.9. The molecule has 0 aromatic carbocycles. The van der Waals surface area contributed by atoms with Crippen LogP contribution in [0.3, 0.4) is 0 Å². The largest absolute Gasteiger partial charge is 0.414 e. The van der Waals surface area contributed by atoms with Gasteiger partial charge >= 0.3 is 0 Å². The van der Waals surface area contributed by atoms with Crippen LogP contribution in [0.5, 0.6) is 0 Å². The number of hydrogen-bond donors (Lipinski definition) is 0. The first-order valence-electron chi connectivity index (χ1n) is 13.7. The Bertz CT molecular complexity index is 968. The van der Waals surface area contributed by atoms with Crippen LogP contribution in [0.15, 0.2) is 11.2 Å². The summed E-state index contributed by atoms with van der Waals surface area (Å²) in [5, 5.41) is 10.2. The molecule has 35 heavy (non-hydrogen) atoms. The molecular weight excluding hydrogens is 450 g/mol. The molecule has 7 atom stereocenters. The van der Waals surface area contributed by atoms with Gasteiger partial charge in [0.25, 0.3) is 0 Å². The smallest absolute Gasteiger partial charge is 0.192 e. The SMILES string of the molecule is CCC(C)C1C(CO[Si](C)(C)C(C)(C)C)OC(n2cc(C#N)c3c2C(C)CCC(C)N=C3C)C1C. The molecule has 2 aliphatic heterocycles. The van der Waals surface area contributed by atoms with Gasteiger partial charge in [-0.15, -0.1) is 0 Å². The van der Waals surface area contributed by atoms with Crippen molar-refractivity contribution in [2.45, 2.75) is 124 Å². The van der Waals surface area contributed by atoms with E-state index in [2.05, 4.69) is 86.0 Å². The molecule has 0 aliphatic carbocycles. The molecule has 3 heterocycles. The van der Waals surface area contributed by atoms with Crippen molar-refractivity contribution in [2.24, 2.45) is 22.7 Å². The number of rotatable bonds is 6. The van der Waals surface area contributed by atoms with E-state index in [0.29, 0.717) is 30.3 Å². The van der Waals surface area contributed by atoms with Crippen LogP contribution < -0.4 is 0 Å². The third-order valence-corrected chi connectivity index (χ3v) is 13.7. The summed E-state index contributed by atoms with van der Waals surface area (Å²) in [4.78, 5) is 4.93. The second-order valence-corrected chi connectivity index (χ2v) is 17.6. The monoisotopic (exact) mass is 499 g/mol. The fourth-order valence-electron chi connectivity index (χ4n) is 5.86. The summed E-state index contributed by atoms with van der Waals surface area (Å²) in [5.41, 5.74) is 3.96. The highest BCUT2D eigenvalue weighted by Crippen LogP contribution is 2.47. The molecule has 7 unspecified atom stereocenters. The Hall–Kier alpha value is -1.42. The van der Waals surface area contributed by atoms with Crippen molar-refractivity contribution < 1.29 is 9.16 Å². The molecule has 1 aromatic heterocycles. The highest BCUT2D eigenvalue weighted by molar-refractivity contribution is 6.74. The number of nitrogens with zero attached hydrogens (tertiary/aromatic N) is 3. The van der Waals surface area contributed by atoms with E-state index in [1.54, 1.807) is 0 Å². The fourth-order valence-corrected chi connectivity index (χ4v) is 6.87. The van der Waals surface area contributed by atoms with Gasteiger partial charge in [0.1, 0.15) is 12.3 Å². The molecule has 3 rings (SSSR count). The molecule has 0 bridgehead atoms. The summed E-state index contributed by atoms with van der Waals surface area (Å²) in [5.74, 6) is 1.63. The van der Waals surface area contributed by atoms with Gasteiger partial charge in [-0.3, -0.25) is 4.99 Å². The standard InChI is InChI=1S/C29H49N3O2Si/c1-12-18(2)25-21(5)28(34-24(25)17-33-35(10,11)29(7,8)9)32-16-23(15-30)26-22(6)31-20(4)14-13-19(3)27(26)32/h16,18-21,24-25,28H,12-14,17H2,1-11H3. The van der Waals surface area contributed by atoms with E-state index < -0.39 is 8.32 Å². The molecule has 0 radical (unpaired) electrons. The third-order valence-electron chi connectivity index (χ3n) is 9.24. The minimum Gasteiger partial charge on any atom is -0.414 e. The molecule has 0 N–H and O–H groups in total. The Labute approximate surface area is 215 Å². The summed E-state index contributed by atoms with van der Waals surface area (Å²) >= 11 is 0. The van der Waals surface area contributed by atoms with Gasteiger partial charge < -0.3 is 13.7 Å². The van der Waals surface area contributed by atoms with Crippen molar-refractivity contribution in [3.05, 3.63) is 23.0 Å². The topological polar surface area (TPSA) is 59.5 Å². The van der Waals surface area contributed by atoms with Gasteiger partial charge in [-0.2, -0.15) is 5.26 Å². The number of aromatic nitrogens is 1. The summed E-state index contributed by atoms with van der Waals surface area (Å²) in [6, 6.07) is 2.76. The summed E-state index contributed by atoms with van der Waals surface area (Å²) in [6.45, 7) is 25.7. The summed E-state index contributed by atoms with van der Waals surface area (Å²) in [6.07, 6.45) is 5.25. The zero-order valence-electron chi connectivity index (χ0n) is 24.1. The number of aliphatic imine (C=N–C) groups is 1. The van der Waals surface area contributed by atoms with Crippen LogP contribution in [-0.2, 0) is 9.16 Å². The second-order valence-electron chi connectivity index (χ2n) is 12.8. The maximum Gasteiger partial charge on any atom is 0.192 e. The maximum absolute atomic E-state index is 10.1. The Morgan fingerprint density at radius 2 is 1.91 bits per heavy atom. The highest BCUT2D eigenvalue weighted by Gasteiger charge is 2.47. The molecule has 2 aliphatic rings. The van der Waals surface area contributed by atoms with Crippen LogP contribution in [0.25, 0.3) is 0 Å². The minimum absolute atomic E-state index is 0.0568. The first kappa shape index (κ1) is 28.2.